The normalized spacial score (nSPS) is 16.0. The Balaban J connectivity index is 1.59. The summed E-state index contributed by atoms with van der Waals surface area (Å²) in [4.78, 5) is 14.4. The Bertz CT molecular complexity index is 1000. The van der Waals surface area contributed by atoms with Crippen molar-refractivity contribution in [1.29, 1.82) is 0 Å². The molecule has 2 aromatic carbocycles. The van der Waals surface area contributed by atoms with Crippen molar-refractivity contribution in [3.8, 4) is 5.75 Å². The molecule has 1 fully saturated rings. The fraction of sp³-hybridized carbons (Fsp3) is 0.409. The van der Waals surface area contributed by atoms with Crippen molar-refractivity contribution in [3.05, 3.63) is 60.2 Å². The minimum Gasteiger partial charge on any atom is -0.406 e. The molecule has 1 saturated heterocycles. The van der Waals surface area contributed by atoms with E-state index in [-0.39, 0.29) is 29.8 Å². The molecule has 0 aromatic heterocycles. The van der Waals surface area contributed by atoms with E-state index in [4.69, 9.17) is 0 Å². The molecule has 0 N–H and O–H groups in total. The first-order valence-electron chi connectivity index (χ1n) is 10.3. The Hall–Kier alpha value is -2.59. The molecule has 6 nitrogen and oxygen atoms in total. The van der Waals surface area contributed by atoms with Gasteiger partial charge in [-0.15, -0.1) is 13.2 Å². The summed E-state index contributed by atoms with van der Waals surface area (Å²) in [7, 11) is -3.82. The van der Waals surface area contributed by atoms with Crippen LogP contribution < -0.4 is 4.74 Å². The lowest BCUT2D eigenvalue weighted by Gasteiger charge is -2.34. The number of sulfonamides is 1. The van der Waals surface area contributed by atoms with Gasteiger partial charge in [-0.05, 0) is 62.1 Å². The number of amides is 1. The van der Waals surface area contributed by atoms with Gasteiger partial charge in [0.25, 0.3) is 5.91 Å². The maximum absolute atomic E-state index is 12.9. The van der Waals surface area contributed by atoms with Crippen LogP contribution in [0, 0.1) is 5.92 Å². The van der Waals surface area contributed by atoms with Gasteiger partial charge < -0.3 is 9.64 Å². The Morgan fingerprint density at radius 1 is 1.06 bits per heavy atom. The quantitative estimate of drug-likeness (QED) is 0.610. The molecule has 174 valence electrons. The number of alkyl halides is 3. The molecule has 32 heavy (non-hydrogen) atoms. The predicted octanol–water partition coefficient (Wildman–Crippen LogP) is 4.15. The highest BCUT2D eigenvalue weighted by molar-refractivity contribution is 7.89. The molecule has 1 heterocycles. The van der Waals surface area contributed by atoms with E-state index in [0.29, 0.717) is 31.5 Å². The van der Waals surface area contributed by atoms with Crippen molar-refractivity contribution < 1.29 is 31.1 Å². The van der Waals surface area contributed by atoms with E-state index in [1.54, 1.807) is 17.0 Å². The molecule has 0 spiro atoms. The molecule has 0 saturated carbocycles. The fourth-order valence-corrected chi connectivity index (χ4v) is 5.19. The number of hydrogen-bond donors (Lipinski definition) is 0. The van der Waals surface area contributed by atoms with Crippen LogP contribution in [0.2, 0.25) is 0 Å². The zero-order valence-electron chi connectivity index (χ0n) is 17.6. The summed E-state index contributed by atoms with van der Waals surface area (Å²) < 4.78 is 67.7. The average Bonchev–Trinajstić information content (AvgIpc) is 2.77. The molecule has 0 atom stereocenters. The van der Waals surface area contributed by atoms with Gasteiger partial charge in [0, 0.05) is 31.7 Å². The Labute approximate surface area is 185 Å². The maximum atomic E-state index is 12.9. The lowest BCUT2D eigenvalue weighted by atomic mass is 9.97. The Morgan fingerprint density at radius 2 is 1.66 bits per heavy atom. The van der Waals surface area contributed by atoms with Gasteiger partial charge in [0.05, 0.1) is 4.90 Å². The van der Waals surface area contributed by atoms with Crippen LogP contribution in [0.5, 0.6) is 5.75 Å². The minimum atomic E-state index is -4.84. The zero-order chi connectivity index (χ0) is 23.4. The molecule has 3 rings (SSSR count). The summed E-state index contributed by atoms with van der Waals surface area (Å²) >= 11 is 0. The molecular formula is C22H25F3N2O4S. The molecular weight excluding hydrogens is 445 g/mol. The number of ether oxygens (including phenoxy) is 1. The first-order chi connectivity index (χ1) is 15.1. The van der Waals surface area contributed by atoms with E-state index in [1.807, 2.05) is 25.1 Å². The first-order valence-corrected chi connectivity index (χ1v) is 11.7. The average molecular weight is 471 g/mol. The number of carbonyl (C=O) groups excluding carboxylic acids is 1. The van der Waals surface area contributed by atoms with Crippen LogP contribution in [0.25, 0.3) is 0 Å². The molecule has 0 bridgehead atoms. The Kier molecular flexibility index (Phi) is 7.45. The van der Waals surface area contributed by atoms with Gasteiger partial charge in [0.1, 0.15) is 5.75 Å². The molecule has 0 radical (unpaired) electrons. The molecule has 1 aliphatic rings. The van der Waals surface area contributed by atoms with Crippen LogP contribution in [0.3, 0.4) is 0 Å². The lowest BCUT2D eigenvalue weighted by Crippen LogP contribution is -2.42. The number of hydrogen-bond acceptors (Lipinski definition) is 4. The van der Waals surface area contributed by atoms with Gasteiger partial charge in [-0.3, -0.25) is 4.79 Å². The largest absolute Gasteiger partial charge is 0.573 e. The molecule has 2 aromatic rings. The van der Waals surface area contributed by atoms with E-state index in [2.05, 4.69) is 4.74 Å². The van der Waals surface area contributed by atoms with Crippen LogP contribution >= 0.6 is 0 Å². The van der Waals surface area contributed by atoms with Gasteiger partial charge in [-0.2, -0.15) is 4.31 Å². The standard InChI is InChI=1S/C22H25F3N2O4S/c1-2-26(21(28)18-6-4-3-5-7-18)16-17-12-14-27(15-13-17)32(29,30)20-10-8-19(9-11-20)31-22(23,24)25/h3-11,17H,2,12-16H2,1H3. The van der Waals surface area contributed by atoms with Gasteiger partial charge in [-0.1, -0.05) is 18.2 Å². The number of rotatable bonds is 7. The molecule has 0 aliphatic carbocycles. The van der Waals surface area contributed by atoms with Crippen molar-refractivity contribution in [1.82, 2.24) is 9.21 Å². The maximum Gasteiger partial charge on any atom is 0.573 e. The van der Waals surface area contributed by atoms with Crippen molar-refractivity contribution >= 4 is 15.9 Å². The van der Waals surface area contributed by atoms with Crippen molar-refractivity contribution in [2.45, 2.75) is 31.0 Å². The van der Waals surface area contributed by atoms with Crippen molar-refractivity contribution in [2.75, 3.05) is 26.2 Å². The van der Waals surface area contributed by atoms with E-state index in [0.717, 1.165) is 24.3 Å². The highest BCUT2D eigenvalue weighted by Crippen LogP contribution is 2.28. The van der Waals surface area contributed by atoms with E-state index in [9.17, 15) is 26.4 Å². The van der Waals surface area contributed by atoms with E-state index >= 15 is 0 Å². The van der Waals surface area contributed by atoms with E-state index < -0.39 is 22.1 Å². The summed E-state index contributed by atoms with van der Waals surface area (Å²) in [6, 6.07) is 13.2. The minimum absolute atomic E-state index is 0.0516. The van der Waals surface area contributed by atoms with E-state index in [1.165, 1.54) is 4.31 Å². The monoisotopic (exact) mass is 470 g/mol. The predicted molar refractivity (Wildman–Crippen MR) is 113 cm³/mol. The highest BCUT2D eigenvalue weighted by Gasteiger charge is 2.33. The summed E-state index contributed by atoms with van der Waals surface area (Å²) in [6.45, 7) is 3.57. The molecule has 1 amide bonds. The summed E-state index contributed by atoms with van der Waals surface area (Å²) in [5.74, 6) is -0.362. The third-order valence-corrected chi connectivity index (χ3v) is 7.35. The number of halogens is 3. The SMILES string of the molecule is CCN(CC1CCN(S(=O)(=O)c2ccc(OC(F)(F)F)cc2)CC1)C(=O)c1ccccc1. The molecule has 10 heteroatoms. The second-order valence-electron chi connectivity index (χ2n) is 7.58. The van der Waals surface area contributed by atoms with Crippen molar-refractivity contribution in [3.63, 3.8) is 0 Å². The fourth-order valence-electron chi connectivity index (χ4n) is 3.73. The van der Waals surface area contributed by atoms with Crippen LogP contribution in [0.1, 0.15) is 30.1 Å². The number of nitrogens with zero attached hydrogens (tertiary/aromatic N) is 2. The molecule has 0 unspecified atom stereocenters. The third kappa shape index (κ3) is 6.01. The number of carbonyl (C=O) groups is 1. The Morgan fingerprint density at radius 3 is 2.19 bits per heavy atom. The van der Waals surface area contributed by atoms with Crippen LogP contribution in [0.4, 0.5) is 13.2 Å². The zero-order valence-corrected chi connectivity index (χ0v) is 18.4. The highest BCUT2D eigenvalue weighted by atomic mass is 32.2. The number of benzene rings is 2. The van der Waals surface area contributed by atoms with Gasteiger partial charge in [0.2, 0.25) is 10.0 Å². The summed E-state index contributed by atoms with van der Waals surface area (Å²) in [5.41, 5.74) is 0.618. The van der Waals surface area contributed by atoms with Gasteiger partial charge in [0.15, 0.2) is 0 Å². The van der Waals surface area contributed by atoms with Crippen LogP contribution in [0.15, 0.2) is 59.5 Å². The smallest absolute Gasteiger partial charge is 0.406 e. The first kappa shape index (κ1) is 24.1. The second kappa shape index (κ2) is 9.91. The summed E-state index contributed by atoms with van der Waals surface area (Å²) in [6.07, 6.45) is -3.66. The lowest BCUT2D eigenvalue weighted by molar-refractivity contribution is -0.274. The van der Waals surface area contributed by atoms with Crippen LogP contribution in [-0.2, 0) is 10.0 Å². The van der Waals surface area contributed by atoms with Crippen LogP contribution in [-0.4, -0.2) is 56.1 Å². The van der Waals surface area contributed by atoms with Crippen molar-refractivity contribution in [2.24, 2.45) is 5.92 Å². The second-order valence-corrected chi connectivity index (χ2v) is 9.51. The van der Waals surface area contributed by atoms with Gasteiger partial charge >= 0.3 is 6.36 Å². The number of piperidine rings is 1. The summed E-state index contributed by atoms with van der Waals surface area (Å²) in [5, 5.41) is 0. The van der Waals surface area contributed by atoms with Gasteiger partial charge in [-0.25, -0.2) is 8.42 Å². The molecule has 1 aliphatic heterocycles. The third-order valence-electron chi connectivity index (χ3n) is 5.44. The topological polar surface area (TPSA) is 66.9 Å².